The van der Waals surface area contributed by atoms with Crippen molar-refractivity contribution in [2.24, 2.45) is 0 Å². The van der Waals surface area contributed by atoms with Crippen molar-refractivity contribution in [1.82, 2.24) is 0 Å². The lowest BCUT2D eigenvalue weighted by Crippen LogP contribution is -2.45. The molecular weight excluding hydrogens is 187 g/mol. The van der Waals surface area contributed by atoms with Crippen LogP contribution in [0.3, 0.4) is 0 Å². The maximum Gasteiger partial charge on any atom is 0.563 e. The Morgan fingerprint density at radius 3 is 2.40 bits per heavy atom. The highest BCUT2D eigenvalue weighted by atomic mass is 16.6. The van der Waals surface area contributed by atoms with E-state index in [2.05, 4.69) is 0 Å². The lowest BCUT2D eigenvalue weighted by molar-refractivity contribution is 0.103. The molecule has 0 bridgehead atoms. The van der Waals surface area contributed by atoms with E-state index in [1.807, 2.05) is 57.2 Å². The Bertz CT molecular complexity index is 370. The van der Waals surface area contributed by atoms with Gasteiger partial charge in [0.05, 0.1) is 11.4 Å². The van der Waals surface area contributed by atoms with Gasteiger partial charge in [-0.15, -0.1) is 0 Å². The Labute approximate surface area is 91.0 Å². The van der Waals surface area contributed by atoms with Gasteiger partial charge in [0.15, 0.2) is 0 Å². The minimum Gasteiger partial charge on any atom is -0.536 e. The van der Waals surface area contributed by atoms with E-state index < -0.39 is 0 Å². The fourth-order valence-electron chi connectivity index (χ4n) is 1.77. The predicted octanol–water partition coefficient (Wildman–Crippen LogP) is 2.11. The molecule has 1 heterocycles. The van der Waals surface area contributed by atoms with Gasteiger partial charge in [0.25, 0.3) is 0 Å². The van der Waals surface area contributed by atoms with Crippen molar-refractivity contribution >= 4 is 12.6 Å². The third-order valence-corrected chi connectivity index (χ3v) is 2.33. The van der Waals surface area contributed by atoms with E-state index in [1.165, 1.54) is 0 Å². The van der Waals surface area contributed by atoms with Gasteiger partial charge in [-0.2, -0.15) is 0 Å². The van der Waals surface area contributed by atoms with E-state index in [1.54, 1.807) is 0 Å². The van der Waals surface area contributed by atoms with Gasteiger partial charge in [0.1, 0.15) is 0 Å². The largest absolute Gasteiger partial charge is 0.563 e. The first kappa shape index (κ1) is 10.3. The number of rotatable bonds is 1. The van der Waals surface area contributed by atoms with Crippen LogP contribution in [0.1, 0.15) is 20.8 Å². The van der Waals surface area contributed by atoms with Crippen molar-refractivity contribution in [2.45, 2.75) is 26.4 Å². The third kappa shape index (κ3) is 2.42. The maximum atomic E-state index is 5.83. The summed E-state index contributed by atoms with van der Waals surface area (Å²) in [5.41, 5.74) is 0.793. The van der Waals surface area contributed by atoms with Crippen LogP contribution in [-0.4, -0.2) is 12.7 Å². The molecule has 0 saturated carbocycles. The minimum absolute atomic E-state index is 0.261. The minimum atomic E-state index is -0.286. The Hall–Kier alpha value is -1.22. The van der Waals surface area contributed by atoms with Crippen LogP contribution in [-0.2, 0) is 9.31 Å². The van der Waals surface area contributed by atoms with Gasteiger partial charge in [-0.05, 0) is 32.3 Å². The molecule has 1 aromatic rings. The summed E-state index contributed by atoms with van der Waals surface area (Å²) in [6.07, 6.45) is 1.99. The first-order chi connectivity index (χ1) is 7.07. The Morgan fingerprint density at radius 2 is 1.80 bits per heavy atom. The second kappa shape index (κ2) is 3.74. The highest BCUT2D eigenvalue weighted by Gasteiger charge is 2.34. The van der Waals surface area contributed by atoms with Crippen LogP contribution >= 0.6 is 0 Å². The molecular formula is C12H15BO2. The van der Waals surface area contributed by atoms with Crippen LogP contribution in [0.2, 0.25) is 0 Å². The molecule has 0 spiro atoms. The molecule has 0 amide bonds. The normalized spacial score (nSPS) is 19.4. The fraction of sp³-hybridized carbons (Fsp3) is 0.333. The Morgan fingerprint density at radius 1 is 1.13 bits per heavy atom. The molecule has 0 atom stereocenters. The lowest BCUT2D eigenvalue weighted by Gasteiger charge is -2.32. The lowest BCUT2D eigenvalue weighted by atomic mass is 9.76. The number of hydrogen-bond acceptors (Lipinski definition) is 2. The molecule has 0 aromatic heterocycles. The summed E-state index contributed by atoms with van der Waals surface area (Å²) in [5, 5.41) is 0. The molecule has 78 valence electrons. The highest BCUT2D eigenvalue weighted by Crippen LogP contribution is 2.22. The van der Waals surface area contributed by atoms with E-state index in [4.69, 9.17) is 9.31 Å². The van der Waals surface area contributed by atoms with Crippen LogP contribution in [0.5, 0.6) is 0 Å². The maximum absolute atomic E-state index is 5.83. The van der Waals surface area contributed by atoms with Crippen LogP contribution in [0, 0.1) is 0 Å². The Kier molecular flexibility index (Phi) is 2.57. The van der Waals surface area contributed by atoms with Crippen molar-refractivity contribution in [2.75, 3.05) is 0 Å². The van der Waals surface area contributed by atoms with Gasteiger partial charge in [-0.25, -0.2) is 0 Å². The standard InChI is InChI=1S/C12H15BO2/c1-10-9-12(2,3)15-13(14-10)11-7-5-4-6-8-11/h4-9H,1-3H3. The summed E-state index contributed by atoms with van der Waals surface area (Å²) in [6, 6.07) is 9.99. The summed E-state index contributed by atoms with van der Waals surface area (Å²) in [4.78, 5) is 0. The highest BCUT2D eigenvalue weighted by molar-refractivity contribution is 6.61. The van der Waals surface area contributed by atoms with Gasteiger partial charge in [-0.1, -0.05) is 30.3 Å². The molecule has 3 heteroatoms. The SMILES string of the molecule is CC1=CC(C)(C)OB(c2ccccc2)O1. The molecule has 0 unspecified atom stereocenters. The van der Waals surface area contributed by atoms with Crippen molar-refractivity contribution in [3.05, 3.63) is 42.2 Å². The molecule has 0 N–H and O–H groups in total. The second-order valence-electron chi connectivity index (χ2n) is 4.34. The topological polar surface area (TPSA) is 18.5 Å². The van der Waals surface area contributed by atoms with Crippen molar-refractivity contribution in [3.63, 3.8) is 0 Å². The fourth-order valence-corrected chi connectivity index (χ4v) is 1.77. The third-order valence-electron chi connectivity index (χ3n) is 2.33. The second-order valence-corrected chi connectivity index (χ2v) is 4.34. The molecule has 2 rings (SSSR count). The molecule has 0 radical (unpaired) electrons. The summed E-state index contributed by atoms with van der Waals surface area (Å²) in [6.45, 7) is 6.03. The van der Waals surface area contributed by atoms with Gasteiger partial charge in [-0.3, -0.25) is 0 Å². The average Bonchev–Trinajstić information content (AvgIpc) is 2.16. The van der Waals surface area contributed by atoms with E-state index in [0.717, 1.165) is 11.2 Å². The van der Waals surface area contributed by atoms with Gasteiger partial charge in [0.2, 0.25) is 0 Å². The number of allylic oxidation sites excluding steroid dienone is 1. The van der Waals surface area contributed by atoms with Gasteiger partial charge < -0.3 is 9.31 Å². The first-order valence-electron chi connectivity index (χ1n) is 5.16. The van der Waals surface area contributed by atoms with E-state index in [9.17, 15) is 0 Å². The predicted molar refractivity (Wildman–Crippen MR) is 61.8 cm³/mol. The molecule has 15 heavy (non-hydrogen) atoms. The summed E-state index contributed by atoms with van der Waals surface area (Å²) < 4.78 is 11.5. The number of benzene rings is 1. The average molecular weight is 202 g/mol. The molecule has 0 fully saturated rings. The van der Waals surface area contributed by atoms with Gasteiger partial charge >= 0.3 is 7.12 Å². The van der Waals surface area contributed by atoms with Crippen molar-refractivity contribution in [1.29, 1.82) is 0 Å². The zero-order valence-electron chi connectivity index (χ0n) is 9.36. The van der Waals surface area contributed by atoms with Crippen molar-refractivity contribution < 1.29 is 9.31 Å². The zero-order chi connectivity index (χ0) is 10.9. The van der Waals surface area contributed by atoms with Gasteiger partial charge in [0, 0.05) is 0 Å². The van der Waals surface area contributed by atoms with E-state index in [0.29, 0.717) is 0 Å². The van der Waals surface area contributed by atoms with Crippen LogP contribution < -0.4 is 5.46 Å². The summed E-state index contributed by atoms with van der Waals surface area (Å²) in [5.74, 6) is 0.917. The zero-order valence-corrected chi connectivity index (χ0v) is 9.36. The quantitative estimate of drug-likeness (QED) is 0.649. The molecule has 1 aliphatic heterocycles. The van der Waals surface area contributed by atoms with Crippen LogP contribution in [0.25, 0.3) is 0 Å². The van der Waals surface area contributed by atoms with Crippen LogP contribution in [0.15, 0.2) is 42.2 Å². The van der Waals surface area contributed by atoms with Crippen molar-refractivity contribution in [3.8, 4) is 0 Å². The summed E-state index contributed by atoms with van der Waals surface area (Å²) in [7, 11) is -0.286. The van der Waals surface area contributed by atoms with Crippen LogP contribution in [0.4, 0.5) is 0 Å². The molecule has 1 aromatic carbocycles. The Balaban J connectivity index is 2.24. The molecule has 1 aliphatic rings. The van der Waals surface area contributed by atoms with E-state index in [-0.39, 0.29) is 12.7 Å². The monoisotopic (exact) mass is 202 g/mol. The molecule has 2 nitrogen and oxygen atoms in total. The molecule has 0 aliphatic carbocycles. The number of hydrogen-bond donors (Lipinski definition) is 0. The summed E-state index contributed by atoms with van der Waals surface area (Å²) >= 11 is 0. The first-order valence-corrected chi connectivity index (χ1v) is 5.16. The van der Waals surface area contributed by atoms with E-state index >= 15 is 0 Å². The molecule has 0 saturated heterocycles. The smallest absolute Gasteiger partial charge is 0.536 e.